The molecule has 2 rings (SSSR count). The molecule has 1 atom stereocenters. The van der Waals surface area contributed by atoms with Gasteiger partial charge in [-0.05, 0) is 19.1 Å². The second kappa shape index (κ2) is 7.51. The van der Waals surface area contributed by atoms with Gasteiger partial charge in [0.1, 0.15) is 5.82 Å². The molecule has 1 aromatic carbocycles. The minimum absolute atomic E-state index is 0.288. The van der Waals surface area contributed by atoms with E-state index in [2.05, 4.69) is 16.7 Å². The number of hydrogen-bond acceptors (Lipinski definition) is 4. The SMILES string of the molecule is COCCN1CCN(Cc2ccc(C#N)cc2F)C[C@@H]1C. The zero-order chi connectivity index (χ0) is 15.2. The van der Waals surface area contributed by atoms with Crippen LogP contribution in [-0.2, 0) is 11.3 Å². The fourth-order valence-electron chi connectivity index (χ4n) is 2.74. The van der Waals surface area contributed by atoms with E-state index >= 15 is 0 Å². The van der Waals surface area contributed by atoms with E-state index in [9.17, 15) is 4.39 Å². The van der Waals surface area contributed by atoms with Crippen LogP contribution in [0, 0.1) is 17.1 Å². The van der Waals surface area contributed by atoms with Gasteiger partial charge in [-0.3, -0.25) is 9.80 Å². The Labute approximate surface area is 125 Å². The third-order valence-corrected chi connectivity index (χ3v) is 4.01. The molecule has 0 saturated carbocycles. The molecule has 0 aromatic heterocycles. The fraction of sp³-hybridized carbons (Fsp3) is 0.562. The second-order valence-corrected chi connectivity index (χ2v) is 5.53. The lowest BCUT2D eigenvalue weighted by molar-refractivity contribution is 0.0553. The van der Waals surface area contributed by atoms with E-state index < -0.39 is 0 Å². The van der Waals surface area contributed by atoms with Crippen LogP contribution in [0.4, 0.5) is 4.39 Å². The summed E-state index contributed by atoms with van der Waals surface area (Å²) < 4.78 is 19.0. The Morgan fingerprint density at radius 1 is 1.43 bits per heavy atom. The van der Waals surface area contributed by atoms with Crippen molar-refractivity contribution in [1.82, 2.24) is 9.80 Å². The molecule has 1 saturated heterocycles. The van der Waals surface area contributed by atoms with Crippen molar-refractivity contribution >= 4 is 0 Å². The molecule has 114 valence electrons. The molecule has 1 fully saturated rings. The lowest BCUT2D eigenvalue weighted by Gasteiger charge is -2.39. The second-order valence-electron chi connectivity index (χ2n) is 5.53. The van der Waals surface area contributed by atoms with Gasteiger partial charge < -0.3 is 4.74 Å². The van der Waals surface area contributed by atoms with Crippen molar-refractivity contribution in [2.24, 2.45) is 0 Å². The van der Waals surface area contributed by atoms with Gasteiger partial charge >= 0.3 is 0 Å². The number of hydrogen-bond donors (Lipinski definition) is 0. The summed E-state index contributed by atoms with van der Waals surface area (Å²) >= 11 is 0. The standard InChI is InChI=1S/C16H22FN3O/c1-13-11-19(5-6-20(13)7-8-21-2)12-15-4-3-14(10-18)9-16(15)17/h3-4,9,13H,5-8,11-12H2,1-2H3/t13-/m0/s1. The van der Waals surface area contributed by atoms with Crippen molar-refractivity contribution in [3.63, 3.8) is 0 Å². The van der Waals surface area contributed by atoms with Gasteiger partial charge in [0, 0.05) is 51.4 Å². The fourth-order valence-corrected chi connectivity index (χ4v) is 2.74. The number of methoxy groups -OCH3 is 1. The van der Waals surface area contributed by atoms with Gasteiger partial charge in [0.25, 0.3) is 0 Å². The molecule has 1 heterocycles. The quantitative estimate of drug-likeness (QED) is 0.830. The normalized spacial score (nSPS) is 20.4. The number of benzene rings is 1. The van der Waals surface area contributed by atoms with E-state index in [1.165, 1.54) is 6.07 Å². The smallest absolute Gasteiger partial charge is 0.129 e. The Morgan fingerprint density at radius 2 is 2.24 bits per heavy atom. The van der Waals surface area contributed by atoms with E-state index in [0.717, 1.165) is 32.8 Å². The molecule has 0 aliphatic carbocycles. The van der Waals surface area contributed by atoms with Crippen molar-refractivity contribution in [1.29, 1.82) is 5.26 Å². The summed E-state index contributed by atoms with van der Waals surface area (Å²) in [7, 11) is 1.72. The molecule has 21 heavy (non-hydrogen) atoms. The molecule has 0 radical (unpaired) electrons. The van der Waals surface area contributed by atoms with Gasteiger partial charge in [-0.25, -0.2) is 4.39 Å². The number of piperazine rings is 1. The summed E-state index contributed by atoms with van der Waals surface area (Å²) in [6.07, 6.45) is 0. The Bertz CT molecular complexity index is 515. The molecule has 1 aromatic rings. The summed E-state index contributed by atoms with van der Waals surface area (Å²) in [4.78, 5) is 4.66. The zero-order valence-corrected chi connectivity index (χ0v) is 12.7. The summed E-state index contributed by atoms with van der Waals surface area (Å²) in [6, 6.07) is 7.11. The first-order chi connectivity index (χ1) is 10.1. The number of rotatable bonds is 5. The largest absolute Gasteiger partial charge is 0.383 e. The summed E-state index contributed by atoms with van der Waals surface area (Å²) in [5, 5.41) is 8.77. The third kappa shape index (κ3) is 4.24. The van der Waals surface area contributed by atoms with E-state index in [-0.39, 0.29) is 5.82 Å². The van der Waals surface area contributed by atoms with Crippen LogP contribution >= 0.6 is 0 Å². The van der Waals surface area contributed by atoms with Gasteiger partial charge in [-0.2, -0.15) is 5.26 Å². The van der Waals surface area contributed by atoms with Gasteiger partial charge in [0.2, 0.25) is 0 Å². The van der Waals surface area contributed by atoms with Crippen molar-refractivity contribution in [3.8, 4) is 6.07 Å². The van der Waals surface area contributed by atoms with Crippen LogP contribution in [0.3, 0.4) is 0 Å². The average Bonchev–Trinajstić information content (AvgIpc) is 2.48. The molecule has 0 spiro atoms. The van der Waals surface area contributed by atoms with Crippen molar-refractivity contribution in [3.05, 3.63) is 35.1 Å². The molecule has 0 N–H and O–H groups in total. The number of ether oxygens (including phenoxy) is 1. The van der Waals surface area contributed by atoms with Gasteiger partial charge in [-0.1, -0.05) is 6.07 Å². The highest BCUT2D eigenvalue weighted by molar-refractivity contribution is 5.32. The van der Waals surface area contributed by atoms with Crippen LogP contribution in [0.25, 0.3) is 0 Å². The van der Waals surface area contributed by atoms with Gasteiger partial charge in [-0.15, -0.1) is 0 Å². The van der Waals surface area contributed by atoms with Crippen LogP contribution in [0.5, 0.6) is 0 Å². The first-order valence-electron chi connectivity index (χ1n) is 7.28. The predicted octanol–water partition coefficient (Wildman–Crippen LogP) is 1.85. The Kier molecular flexibility index (Phi) is 5.68. The Balaban J connectivity index is 1.92. The Morgan fingerprint density at radius 3 is 2.86 bits per heavy atom. The summed E-state index contributed by atoms with van der Waals surface area (Å²) in [5.41, 5.74) is 1.03. The first-order valence-corrected chi connectivity index (χ1v) is 7.28. The molecule has 1 aliphatic rings. The highest BCUT2D eigenvalue weighted by Crippen LogP contribution is 2.16. The van der Waals surface area contributed by atoms with Crippen LogP contribution in [0.2, 0.25) is 0 Å². The maximum Gasteiger partial charge on any atom is 0.129 e. The van der Waals surface area contributed by atoms with Gasteiger partial charge in [0.05, 0.1) is 18.2 Å². The molecule has 4 nitrogen and oxygen atoms in total. The van der Waals surface area contributed by atoms with Crippen molar-refractivity contribution < 1.29 is 9.13 Å². The molecule has 0 bridgehead atoms. The molecule has 5 heteroatoms. The monoisotopic (exact) mass is 291 g/mol. The van der Waals surface area contributed by atoms with E-state index in [4.69, 9.17) is 10.00 Å². The van der Waals surface area contributed by atoms with Gasteiger partial charge in [0.15, 0.2) is 0 Å². The minimum atomic E-state index is -0.288. The molecule has 1 aliphatic heterocycles. The number of nitrogens with zero attached hydrogens (tertiary/aromatic N) is 3. The topological polar surface area (TPSA) is 39.5 Å². The number of nitriles is 1. The Hall–Kier alpha value is -1.48. The lowest BCUT2D eigenvalue weighted by atomic mass is 10.1. The van der Waals surface area contributed by atoms with Crippen LogP contribution in [0.1, 0.15) is 18.1 Å². The lowest BCUT2D eigenvalue weighted by Crippen LogP contribution is -2.52. The third-order valence-electron chi connectivity index (χ3n) is 4.01. The highest BCUT2D eigenvalue weighted by Gasteiger charge is 2.23. The minimum Gasteiger partial charge on any atom is -0.383 e. The van der Waals surface area contributed by atoms with Crippen LogP contribution in [-0.4, -0.2) is 55.7 Å². The first kappa shape index (κ1) is 15.9. The average molecular weight is 291 g/mol. The highest BCUT2D eigenvalue weighted by atomic mass is 19.1. The number of halogens is 1. The molecule has 0 unspecified atom stereocenters. The summed E-state index contributed by atoms with van der Waals surface area (Å²) in [6.45, 7) is 7.29. The predicted molar refractivity (Wildman–Crippen MR) is 79.3 cm³/mol. The van der Waals surface area contributed by atoms with Crippen molar-refractivity contribution in [2.75, 3.05) is 39.9 Å². The van der Waals surface area contributed by atoms with Crippen molar-refractivity contribution in [2.45, 2.75) is 19.5 Å². The maximum absolute atomic E-state index is 13.9. The van der Waals surface area contributed by atoms with E-state index in [1.54, 1.807) is 19.2 Å². The molecular formula is C16H22FN3O. The summed E-state index contributed by atoms with van der Waals surface area (Å²) in [5.74, 6) is -0.288. The van der Waals surface area contributed by atoms with E-state index in [1.807, 2.05) is 6.07 Å². The van der Waals surface area contributed by atoms with Crippen LogP contribution < -0.4 is 0 Å². The van der Waals surface area contributed by atoms with Crippen LogP contribution in [0.15, 0.2) is 18.2 Å². The zero-order valence-electron chi connectivity index (χ0n) is 12.7. The molecular weight excluding hydrogens is 269 g/mol. The van der Waals surface area contributed by atoms with E-state index in [0.29, 0.717) is 23.7 Å². The molecule has 0 amide bonds. The maximum atomic E-state index is 13.9.